The third kappa shape index (κ3) is 3.80. The minimum Gasteiger partial charge on any atom is -0.422 e. The maximum absolute atomic E-state index is 12.4. The quantitative estimate of drug-likeness (QED) is 0.183. The van der Waals surface area contributed by atoms with Gasteiger partial charge in [-0.3, -0.25) is 5.43 Å². The number of aryl methyl sites for hydroxylation is 1. The summed E-state index contributed by atoms with van der Waals surface area (Å²) in [5.41, 5.74) is 6.28. The molecule has 5 aromatic rings. The SMILES string of the molecule is CCn1cc(/C=N/Nc2nc(-c3cc4cc(Br)ccc4oc3=O)cs2)c2ccccc21. The van der Waals surface area contributed by atoms with Crippen molar-refractivity contribution in [3.8, 4) is 11.3 Å². The summed E-state index contributed by atoms with van der Waals surface area (Å²) in [6.07, 6.45) is 3.87. The molecule has 0 saturated heterocycles. The first-order valence-corrected chi connectivity index (χ1v) is 11.4. The number of aromatic nitrogens is 2. The summed E-state index contributed by atoms with van der Waals surface area (Å²) in [6, 6.07) is 15.6. The number of rotatable bonds is 5. The van der Waals surface area contributed by atoms with Gasteiger partial charge in [0, 0.05) is 44.4 Å². The number of nitrogens with one attached hydrogen (secondary N) is 1. The molecule has 5 rings (SSSR count). The van der Waals surface area contributed by atoms with Crippen molar-refractivity contribution in [1.29, 1.82) is 0 Å². The molecule has 0 aliphatic rings. The molecular weight excluding hydrogens is 476 g/mol. The largest absolute Gasteiger partial charge is 0.422 e. The fraction of sp³-hybridized carbons (Fsp3) is 0.0870. The van der Waals surface area contributed by atoms with Gasteiger partial charge in [-0.2, -0.15) is 5.10 Å². The Morgan fingerprint density at radius 1 is 1.26 bits per heavy atom. The smallest absolute Gasteiger partial charge is 0.345 e. The second kappa shape index (κ2) is 8.13. The van der Waals surface area contributed by atoms with E-state index in [0.29, 0.717) is 22.0 Å². The zero-order valence-corrected chi connectivity index (χ0v) is 18.9. The van der Waals surface area contributed by atoms with E-state index >= 15 is 0 Å². The van der Waals surface area contributed by atoms with Crippen molar-refractivity contribution in [2.24, 2.45) is 5.10 Å². The highest BCUT2D eigenvalue weighted by Crippen LogP contribution is 2.27. The highest BCUT2D eigenvalue weighted by atomic mass is 79.9. The van der Waals surface area contributed by atoms with Crippen LogP contribution in [0.25, 0.3) is 33.1 Å². The van der Waals surface area contributed by atoms with Crippen LogP contribution in [-0.4, -0.2) is 15.8 Å². The highest BCUT2D eigenvalue weighted by Gasteiger charge is 2.12. The second-order valence-electron chi connectivity index (χ2n) is 6.93. The molecule has 0 bridgehead atoms. The molecule has 6 nitrogen and oxygen atoms in total. The topological polar surface area (TPSA) is 72.4 Å². The fourth-order valence-electron chi connectivity index (χ4n) is 3.52. The summed E-state index contributed by atoms with van der Waals surface area (Å²) in [4.78, 5) is 16.9. The van der Waals surface area contributed by atoms with Crippen LogP contribution in [0.5, 0.6) is 0 Å². The first-order valence-electron chi connectivity index (χ1n) is 9.68. The summed E-state index contributed by atoms with van der Waals surface area (Å²) < 4.78 is 8.55. The van der Waals surface area contributed by atoms with Gasteiger partial charge < -0.3 is 8.98 Å². The molecule has 8 heteroatoms. The molecule has 0 saturated carbocycles. The first-order chi connectivity index (χ1) is 15.1. The Hall–Kier alpha value is -3.23. The van der Waals surface area contributed by atoms with Crippen molar-refractivity contribution < 1.29 is 4.42 Å². The first kappa shape index (κ1) is 19.7. The third-order valence-corrected chi connectivity index (χ3v) is 6.24. The summed E-state index contributed by atoms with van der Waals surface area (Å²) in [6.45, 7) is 3.01. The molecule has 3 aromatic heterocycles. The van der Waals surface area contributed by atoms with Crippen LogP contribution in [0.3, 0.4) is 0 Å². The van der Waals surface area contributed by atoms with Crippen LogP contribution >= 0.6 is 27.3 Å². The van der Waals surface area contributed by atoms with E-state index in [1.165, 1.54) is 16.9 Å². The minimum absolute atomic E-state index is 0.414. The van der Waals surface area contributed by atoms with Crippen LogP contribution in [0.4, 0.5) is 5.13 Å². The predicted molar refractivity (Wildman–Crippen MR) is 130 cm³/mol. The lowest BCUT2D eigenvalue weighted by atomic mass is 10.1. The van der Waals surface area contributed by atoms with E-state index in [1.807, 2.05) is 29.6 Å². The van der Waals surface area contributed by atoms with Gasteiger partial charge in [0.05, 0.1) is 17.5 Å². The number of anilines is 1. The number of hydrogen-bond acceptors (Lipinski definition) is 6. The number of nitrogens with zero attached hydrogens (tertiary/aromatic N) is 3. The van der Waals surface area contributed by atoms with Crippen LogP contribution < -0.4 is 11.1 Å². The van der Waals surface area contributed by atoms with Crippen LogP contribution in [-0.2, 0) is 6.54 Å². The Morgan fingerprint density at radius 3 is 3.00 bits per heavy atom. The number of para-hydroxylation sites is 1. The molecule has 154 valence electrons. The Kier molecular flexibility index (Phi) is 5.17. The molecule has 0 unspecified atom stereocenters. The van der Waals surface area contributed by atoms with Crippen molar-refractivity contribution in [2.45, 2.75) is 13.5 Å². The summed E-state index contributed by atoms with van der Waals surface area (Å²) in [5, 5.41) is 8.74. The van der Waals surface area contributed by atoms with Crippen LogP contribution in [0, 0.1) is 0 Å². The number of hydrazone groups is 1. The molecule has 0 fully saturated rings. The van der Waals surface area contributed by atoms with Gasteiger partial charge in [-0.25, -0.2) is 9.78 Å². The Bertz CT molecular complexity index is 1500. The summed E-state index contributed by atoms with van der Waals surface area (Å²) in [7, 11) is 0. The van der Waals surface area contributed by atoms with Crippen LogP contribution in [0.15, 0.2) is 78.9 Å². The van der Waals surface area contributed by atoms with Crippen molar-refractivity contribution in [3.05, 3.63) is 80.6 Å². The lowest BCUT2D eigenvalue weighted by Gasteiger charge is -2.00. The maximum Gasteiger partial charge on any atom is 0.345 e. The predicted octanol–water partition coefficient (Wildman–Crippen LogP) is 6.10. The van der Waals surface area contributed by atoms with Gasteiger partial charge in [0.1, 0.15) is 5.58 Å². The van der Waals surface area contributed by atoms with Gasteiger partial charge >= 0.3 is 5.63 Å². The van der Waals surface area contributed by atoms with Crippen molar-refractivity contribution in [1.82, 2.24) is 9.55 Å². The van der Waals surface area contributed by atoms with Crippen molar-refractivity contribution in [2.75, 3.05) is 5.43 Å². The monoisotopic (exact) mass is 492 g/mol. The third-order valence-electron chi connectivity index (χ3n) is 5.00. The Morgan fingerprint density at radius 2 is 2.13 bits per heavy atom. The number of thiazole rings is 1. The maximum atomic E-state index is 12.4. The van der Waals surface area contributed by atoms with Crippen LogP contribution in [0.1, 0.15) is 12.5 Å². The standard InChI is InChI=1S/C23H17BrN4O2S/c1-2-28-12-15(17-5-3-4-6-20(17)28)11-25-27-23-26-19(13-31-23)18-10-14-9-16(24)7-8-21(14)30-22(18)29/h3-13H,2H2,1H3,(H,26,27)/b25-11+. The Balaban J connectivity index is 1.40. The molecule has 3 heterocycles. The number of benzene rings is 2. The molecule has 0 atom stereocenters. The van der Waals surface area contributed by atoms with E-state index in [2.05, 4.69) is 61.3 Å². The van der Waals surface area contributed by atoms with Crippen LogP contribution in [0.2, 0.25) is 0 Å². The normalized spacial score (nSPS) is 11.7. The highest BCUT2D eigenvalue weighted by molar-refractivity contribution is 9.10. The van der Waals surface area contributed by atoms with Gasteiger partial charge in [-0.1, -0.05) is 34.1 Å². The number of hydrogen-bond donors (Lipinski definition) is 1. The van der Waals surface area contributed by atoms with Gasteiger partial charge in [0.2, 0.25) is 5.13 Å². The van der Waals surface area contributed by atoms with E-state index in [-0.39, 0.29) is 0 Å². The van der Waals surface area contributed by atoms with E-state index in [0.717, 1.165) is 27.4 Å². The molecule has 0 aliphatic heterocycles. The summed E-state index contributed by atoms with van der Waals surface area (Å²) in [5.74, 6) is 0. The molecule has 31 heavy (non-hydrogen) atoms. The number of halogens is 1. The van der Waals surface area contributed by atoms with Gasteiger partial charge in [0.25, 0.3) is 0 Å². The molecule has 0 spiro atoms. The minimum atomic E-state index is -0.414. The molecule has 0 aliphatic carbocycles. The lowest BCUT2D eigenvalue weighted by Crippen LogP contribution is -2.03. The van der Waals surface area contributed by atoms with E-state index in [1.54, 1.807) is 18.3 Å². The molecule has 2 aromatic carbocycles. The molecular formula is C23H17BrN4O2S. The van der Waals surface area contributed by atoms with E-state index < -0.39 is 5.63 Å². The lowest BCUT2D eigenvalue weighted by molar-refractivity contribution is 0.563. The molecule has 0 amide bonds. The van der Waals surface area contributed by atoms with Crippen molar-refractivity contribution in [3.63, 3.8) is 0 Å². The van der Waals surface area contributed by atoms with Gasteiger partial charge in [0.15, 0.2) is 0 Å². The zero-order chi connectivity index (χ0) is 21.4. The Labute approximate surface area is 190 Å². The second-order valence-corrected chi connectivity index (χ2v) is 8.70. The van der Waals surface area contributed by atoms with Gasteiger partial charge in [-0.05, 0) is 37.3 Å². The average Bonchev–Trinajstić information content (AvgIpc) is 3.38. The van der Waals surface area contributed by atoms with Crippen molar-refractivity contribution >= 4 is 60.5 Å². The van der Waals surface area contributed by atoms with E-state index in [9.17, 15) is 4.79 Å². The molecule has 0 radical (unpaired) electrons. The van der Waals surface area contributed by atoms with E-state index in [4.69, 9.17) is 4.42 Å². The zero-order valence-electron chi connectivity index (χ0n) is 16.5. The number of fused-ring (bicyclic) bond motifs is 2. The fourth-order valence-corrected chi connectivity index (χ4v) is 4.56. The molecule has 1 N–H and O–H groups in total. The van der Waals surface area contributed by atoms with Gasteiger partial charge in [-0.15, -0.1) is 11.3 Å². The summed E-state index contributed by atoms with van der Waals surface area (Å²) >= 11 is 4.82. The average molecular weight is 493 g/mol.